The summed E-state index contributed by atoms with van der Waals surface area (Å²) < 4.78 is 33.3. The van der Waals surface area contributed by atoms with E-state index in [4.69, 9.17) is 29.4 Å². The van der Waals surface area contributed by atoms with Gasteiger partial charge in [-0.3, -0.25) is 18.6 Å². The Kier molecular flexibility index (Phi) is 40.6. The molecule has 0 aliphatic rings. The van der Waals surface area contributed by atoms with E-state index in [0.29, 0.717) is 19.4 Å². The quantitative estimate of drug-likeness (QED) is 0.0234. The fourth-order valence-electron chi connectivity index (χ4n) is 5.75. The van der Waals surface area contributed by atoms with E-state index in [1.807, 2.05) is 6.08 Å². The minimum atomic E-state index is -4.64. The number of hydrogen-bond donors (Lipinski definition) is 3. The average Bonchev–Trinajstić information content (AvgIpc) is 3.20. The second-order valence-electron chi connectivity index (χ2n) is 14.8. The fraction of sp³-hybridized carbons (Fsp3) is 0.702. The first-order valence-corrected chi connectivity index (χ1v) is 24.0. The molecule has 334 valence electrons. The maximum atomic E-state index is 12.6. The third-order valence-electron chi connectivity index (χ3n) is 9.22. The molecule has 0 fully saturated rings. The van der Waals surface area contributed by atoms with Gasteiger partial charge in [0.1, 0.15) is 12.1 Å². The van der Waals surface area contributed by atoms with Crippen LogP contribution in [0.3, 0.4) is 0 Å². The Morgan fingerprint density at radius 3 is 1.52 bits per heavy atom. The highest BCUT2D eigenvalue weighted by molar-refractivity contribution is 7.47. The second-order valence-corrected chi connectivity index (χ2v) is 16.2. The first-order valence-electron chi connectivity index (χ1n) is 22.5. The van der Waals surface area contributed by atoms with E-state index in [1.54, 1.807) is 0 Å². The lowest BCUT2D eigenvalue weighted by molar-refractivity contribution is -0.154. The van der Waals surface area contributed by atoms with Gasteiger partial charge < -0.3 is 25.2 Å². The predicted octanol–water partition coefficient (Wildman–Crippen LogP) is 12.6. The van der Waals surface area contributed by atoms with Crippen molar-refractivity contribution >= 4 is 19.8 Å². The highest BCUT2D eigenvalue weighted by Gasteiger charge is 2.27. The Morgan fingerprint density at radius 1 is 0.569 bits per heavy atom. The number of carbonyl (C=O) groups is 2. The van der Waals surface area contributed by atoms with Gasteiger partial charge in [0.2, 0.25) is 0 Å². The second kappa shape index (κ2) is 42.5. The summed E-state index contributed by atoms with van der Waals surface area (Å²) in [5.41, 5.74) is 5.35. The smallest absolute Gasteiger partial charge is 0.472 e. The summed E-state index contributed by atoms with van der Waals surface area (Å²) >= 11 is 0. The van der Waals surface area contributed by atoms with Gasteiger partial charge in [-0.2, -0.15) is 0 Å². The van der Waals surface area contributed by atoms with Crippen LogP contribution in [-0.2, 0) is 32.7 Å². The summed E-state index contributed by atoms with van der Waals surface area (Å²) in [4.78, 5) is 33.5. The molecular formula is C47H82NO9P. The lowest BCUT2D eigenvalue weighted by Crippen LogP contribution is -2.34. The molecule has 0 radical (unpaired) electrons. The summed E-state index contributed by atoms with van der Waals surface area (Å²) in [5.74, 6) is -1.84. The molecule has 4 N–H and O–H groups in total. The molecule has 0 aliphatic heterocycles. The number of carbonyl (C=O) groups excluding carboxylic acids is 1. The lowest BCUT2D eigenvalue weighted by atomic mass is 10.1. The maximum absolute atomic E-state index is 12.6. The van der Waals surface area contributed by atoms with E-state index in [2.05, 4.69) is 80.7 Å². The molecule has 3 atom stereocenters. The number of carboxylic acid groups (broad SMARTS) is 1. The third-order valence-corrected chi connectivity index (χ3v) is 10.2. The number of carboxylic acids is 1. The van der Waals surface area contributed by atoms with E-state index in [0.717, 1.165) is 51.4 Å². The lowest BCUT2D eigenvalue weighted by Gasteiger charge is -2.20. The van der Waals surface area contributed by atoms with Crippen molar-refractivity contribution in [1.82, 2.24) is 0 Å². The van der Waals surface area contributed by atoms with Crippen LogP contribution in [-0.4, -0.2) is 60.5 Å². The molecule has 58 heavy (non-hydrogen) atoms. The van der Waals surface area contributed by atoms with Crippen molar-refractivity contribution in [3.63, 3.8) is 0 Å². The molecule has 0 aromatic rings. The Morgan fingerprint density at radius 2 is 1.00 bits per heavy atom. The van der Waals surface area contributed by atoms with Crippen LogP contribution in [0, 0.1) is 0 Å². The van der Waals surface area contributed by atoms with Gasteiger partial charge in [-0.15, -0.1) is 0 Å². The van der Waals surface area contributed by atoms with Crippen LogP contribution in [0.2, 0.25) is 0 Å². The first-order chi connectivity index (χ1) is 28.2. The van der Waals surface area contributed by atoms with Gasteiger partial charge in [0, 0.05) is 13.0 Å². The number of allylic oxidation sites excluding steroid dienone is 12. The van der Waals surface area contributed by atoms with Crippen molar-refractivity contribution in [2.45, 2.75) is 187 Å². The predicted molar refractivity (Wildman–Crippen MR) is 240 cm³/mol. The summed E-state index contributed by atoms with van der Waals surface area (Å²) in [6, 6.07) is -1.49. The Labute approximate surface area is 353 Å². The van der Waals surface area contributed by atoms with E-state index < -0.39 is 45.1 Å². The number of phosphoric ester groups is 1. The van der Waals surface area contributed by atoms with Crippen LogP contribution >= 0.6 is 7.82 Å². The molecule has 0 amide bonds. The van der Waals surface area contributed by atoms with Crippen LogP contribution in [0.25, 0.3) is 0 Å². The number of hydrogen-bond acceptors (Lipinski definition) is 8. The molecule has 3 unspecified atom stereocenters. The zero-order chi connectivity index (χ0) is 42.6. The summed E-state index contributed by atoms with van der Waals surface area (Å²) in [6.07, 6.45) is 52.5. The highest BCUT2D eigenvalue weighted by atomic mass is 31.2. The number of phosphoric acid groups is 1. The van der Waals surface area contributed by atoms with Gasteiger partial charge in [0.25, 0.3) is 0 Å². The topological polar surface area (TPSA) is 155 Å². The van der Waals surface area contributed by atoms with Crippen LogP contribution in [0.4, 0.5) is 0 Å². The van der Waals surface area contributed by atoms with E-state index in [1.165, 1.54) is 89.9 Å². The Bertz CT molecular complexity index is 1200. The van der Waals surface area contributed by atoms with Crippen LogP contribution in [0.1, 0.15) is 174 Å². The van der Waals surface area contributed by atoms with Gasteiger partial charge in [-0.05, 0) is 77.0 Å². The molecule has 10 nitrogen and oxygen atoms in total. The zero-order valence-electron chi connectivity index (χ0n) is 36.4. The Balaban J connectivity index is 4.32. The van der Waals surface area contributed by atoms with Crippen molar-refractivity contribution in [3.05, 3.63) is 72.9 Å². The number of esters is 1. The standard InChI is InChI=1S/C47H82NO9P/c1-3-5-7-9-11-13-15-17-19-21-22-24-26-28-30-32-34-36-38-40-54-41-44(42-55-58(52,53)56-43-45(48)47(50)51)57-46(49)39-37-35-33-31-29-27-25-23-20-18-16-14-12-10-8-6-4-2/h6,8,12,14,18-21,25,27,31,33,44-45H,3-5,7,9-11,13,15-17,22-24,26,28-30,32,34-43,48H2,1-2H3,(H,50,51)(H,52,53)/b8-6-,14-12-,20-18-,21-19-,27-25-,33-31-. The molecule has 0 aromatic carbocycles. The number of nitrogens with two attached hydrogens (primary N) is 1. The molecule has 0 heterocycles. The van der Waals surface area contributed by atoms with Gasteiger partial charge in [-0.25, -0.2) is 4.57 Å². The van der Waals surface area contributed by atoms with Crippen molar-refractivity contribution in [3.8, 4) is 0 Å². The number of aliphatic carboxylic acids is 1. The highest BCUT2D eigenvalue weighted by Crippen LogP contribution is 2.43. The van der Waals surface area contributed by atoms with E-state index >= 15 is 0 Å². The van der Waals surface area contributed by atoms with Gasteiger partial charge in [-0.1, -0.05) is 164 Å². The molecule has 0 saturated carbocycles. The summed E-state index contributed by atoms with van der Waals surface area (Å²) in [5, 5.41) is 8.90. The fourth-order valence-corrected chi connectivity index (χ4v) is 6.53. The minimum Gasteiger partial charge on any atom is -0.480 e. The normalized spacial score (nSPS) is 14.6. The molecule has 0 spiro atoms. The number of unbranched alkanes of at least 4 members (excludes halogenated alkanes) is 16. The molecule has 0 saturated heterocycles. The van der Waals surface area contributed by atoms with Crippen LogP contribution in [0.5, 0.6) is 0 Å². The Hall–Kier alpha value is -2.59. The third kappa shape index (κ3) is 41.6. The van der Waals surface area contributed by atoms with Gasteiger partial charge >= 0.3 is 19.8 Å². The van der Waals surface area contributed by atoms with Crippen LogP contribution in [0.15, 0.2) is 72.9 Å². The van der Waals surface area contributed by atoms with E-state index in [-0.39, 0.29) is 13.0 Å². The molecule has 0 bridgehead atoms. The number of ether oxygens (including phenoxy) is 2. The molecule has 0 aromatic heterocycles. The molecular weight excluding hydrogens is 753 g/mol. The monoisotopic (exact) mass is 836 g/mol. The first kappa shape index (κ1) is 55.4. The summed E-state index contributed by atoms with van der Waals surface area (Å²) in [6.45, 7) is 3.68. The summed E-state index contributed by atoms with van der Waals surface area (Å²) in [7, 11) is -4.64. The maximum Gasteiger partial charge on any atom is 0.472 e. The van der Waals surface area contributed by atoms with Crippen molar-refractivity contribution in [2.75, 3.05) is 26.4 Å². The zero-order valence-corrected chi connectivity index (χ0v) is 37.3. The van der Waals surface area contributed by atoms with Crippen molar-refractivity contribution in [2.24, 2.45) is 5.73 Å². The molecule has 0 rings (SSSR count). The van der Waals surface area contributed by atoms with Crippen LogP contribution < -0.4 is 5.73 Å². The molecule has 11 heteroatoms. The molecule has 0 aliphatic carbocycles. The van der Waals surface area contributed by atoms with E-state index in [9.17, 15) is 19.0 Å². The minimum absolute atomic E-state index is 0.0113. The number of rotatable bonds is 42. The largest absolute Gasteiger partial charge is 0.480 e. The SMILES string of the molecule is CC/C=C\C/C=C\C/C=C\C/C=C\C/C=C\CCCC(=O)OC(COCCCCCCCCCC/C=C\CCCCCCCCC)COP(=O)(O)OCC(N)C(=O)O. The van der Waals surface area contributed by atoms with Gasteiger partial charge in [0.05, 0.1) is 19.8 Å². The average molecular weight is 836 g/mol. The van der Waals surface area contributed by atoms with Crippen molar-refractivity contribution < 1.29 is 42.7 Å². The van der Waals surface area contributed by atoms with Gasteiger partial charge in [0.15, 0.2) is 0 Å². The van der Waals surface area contributed by atoms with Crippen molar-refractivity contribution in [1.29, 1.82) is 0 Å².